The van der Waals surface area contributed by atoms with Crippen molar-refractivity contribution in [2.75, 3.05) is 13.2 Å². The topological polar surface area (TPSA) is 59.0 Å². The Labute approximate surface area is 133 Å². The molecule has 0 aromatic heterocycles. The Morgan fingerprint density at radius 2 is 1.82 bits per heavy atom. The first kappa shape index (κ1) is 16.2. The molecule has 22 heavy (non-hydrogen) atoms. The van der Waals surface area contributed by atoms with Gasteiger partial charge in [0.2, 0.25) is 5.91 Å². The van der Waals surface area contributed by atoms with Crippen molar-refractivity contribution < 1.29 is 19.4 Å². The smallest absolute Gasteiger partial charge is 0.229 e. The maximum Gasteiger partial charge on any atom is 0.229 e. The number of nitrogens with zero attached hydrogens (tertiary/aromatic N) is 1. The number of ether oxygens (including phenoxy) is 2. The van der Waals surface area contributed by atoms with Crippen LogP contribution in [0.2, 0.25) is 0 Å². The fourth-order valence-corrected chi connectivity index (χ4v) is 4.25. The standard InChI is InChI=1S/C17H29NO4/c1-11(16(19)13-7-3-5-9-21-13)15-12(2)17(20)18(15)14-8-4-6-10-22-14/h11-16,19H,3-10H2,1-2H3. The third-order valence-corrected chi connectivity index (χ3v) is 5.62. The van der Waals surface area contributed by atoms with Gasteiger partial charge in [0.1, 0.15) is 6.23 Å². The molecule has 3 heterocycles. The Morgan fingerprint density at radius 3 is 2.41 bits per heavy atom. The van der Waals surface area contributed by atoms with Gasteiger partial charge in [-0.2, -0.15) is 0 Å². The van der Waals surface area contributed by atoms with Crippen LogP contribution in [0.1, 0.15) is 52.4 Å². The van der Waals surface area contributed by atoms with Crippen LogP contribution in [0.4, 0.5) is 0 Å². The predicted molar refractivity (Wildman–Crippen MR) is 82.2 cm³/mol. The zero-order valence-corrected chi connectivity index (χ0v) is 13.7. The molecular formula is C17H29NO4. The van der Waals surface area contributed by atoms with Gasteiger partial charge in [0, 0.05) is 19.1 Å². The first-order chi connectivity index (χ1) is 10.6. The molecular weight excluding hydrogens is 282 g/mol. The third kappa shape index (κ3) is 2.91. The van der Waals surface area contributed by atoms with Crippen LogP contribution >= 0.6 is 0 Å². The van der Waals surface area contributed by atoms with Gasteiger partial charge >= 0.3 is 0 Å². The van der Waals surface area contributed by atoms with Gasteiger partial charge in [0.25, 0.3) is 0 Å². The van der Waals surface area contributed by atoms with Crippen LogP contribution in [-0.2, 0) is 14.3 Å². The third-order valence-electron chi connectivity index (χ3n) is 5.62. The highest BCUT2D eigenvalue weighted by Crippen LogP contribution is 2.39. The number of rotatable bonds is 4. The van der Waals surface area contributed by atoms with Gasteiger partial charge in [0.05, 0.1) is 24.2 Å². The lowest BCUT2D eigenvalue weighted by Gasteiger charge is -2.54. The molecule has 0 radical (unpaired) electrons. The van der Waals surface area contributed by atoms with E-state index >= 15 is 0 Å². The van der Waals surface area contributed by atoms with E-state index in [9.17, 15) is 9.90 Å². The van der Waals surface area contributed by atoms with Crippen molar-refractivity contribution in [3.8, 4) is 0 Å². The van der Waals surface area contributed by atoms with Gasteiger partial charge in [-0.05, 0) is 38.5 Å². The molecule has 5 heteroatoms. The number of hydrogen-bond acceptors (Lipinski definition) is 4. The maximum atomic E-state index is 12.3. The van der Waals surface area contributed by atoms with Gasteiger partial charge in [-0.25, -0.2) is 0 Å². The molecule has 6 atom stereocenters. The highest BCUT2D eigenvalue weighted by Gasteiger charge is 2.52. The highest BCUT2D eigenvalue weighted by atomic mass is 16.5. The molecule has 1 amide bonds. The number of aliphatic hydroxyl groups excluding tert-OH is 1. The number of carbonyl (C=O) groups excluding carboxylic acids is 1. The number of amides is 1. The molecule has 3 saturated heterocycles. The van der Waals surface area contributed by atoms with E-state index in [1.165, 1.54) is 0 Å². The van der Waals surface area contributed by atoms with Crippen molar-refractivity contribution in [2.24, 2.45) is 11.8 Å². The summed E-state index contributed by atoms with van der Waals surface area (Å²) in [5.74, 6) is 0.153. The van der Waals surface area contributed by atoms with Crippen molar-refractivity contribution in [2.45, 2.75) is 76.9 Å². The van der Waals surface area contributed by atoms with E-state index in [0.717, 1.165) is 51.7 Å². The van der Waals surface area contributed by atoms with Gasteiger partial charge < -0.3 is 19.5 Å². The van der Waals surface area contributed by atoms with E-state index in [-0.39, 0.29) is 36.1 Å². The molecule has 6 unspecified atom stereocenters. The average molecular weight is 311 g/mol. The lowest BCUT2D eigenvalue weighted by atomic mass is 9.76. The highest BCUT2D eigenvalue weighted by molar-refractivity contribution is 5.86. The monoisotopic (exact) mass is 311 g/mol. The Morgan fingerprint density at radius 1 is 1.14 bits per heavy atom. The number of likely N-dealkylation sites (tertiary alicyclic amines) is 1. The zero-order valence-electron chi connectivity index (χ0n) is 13.7. The first-order valence-electron chi connectivity index (χ1n) is 8.84. The van der Waals surface area contributed by atoms with Crippen LogP contribution in [0, 0.1) is 11.8 Å². The van der Waals surface area contributed by atoms with Crippen LogP contribution in [0.5, 0.6) is 0 Å². The minimum absolute atomic E-state index is 0.0151. The fraction of sp³-hybridized carbons (Fsp3) is 0.941. The van der Waals surface area contributed by atoms with E-state index in [1.54, 1.807) is 0 Å². The summed E-state index contributed by atoms with van der Waals surface area (Å²) >= 11 is 0. The van der Waals surface area contributed by atoms with Crippen molar-refractivity contribution >= 4 is 5.91 Å². The number of β-lactam (4-membered cyclic amide) rings is 1. The molecule has 1 N–H and O–H groups in total. The van der Waals surface area contributed by atoms with E-state index in [2.05, 4.69) is 0 Å². The molecule has 0 aromatic carbocycles. The van der Waals surface area contributed by atoms with Crippen molar-refractivity contribution in [3.63, 3.8) is 0 Å². The molecule has 0 aromatic rings. The van der Waals surface area contributed by atoms with Gasteiger partial charge in [-0.3, -0.25) is 4.79 Å². The Hall–Kier alpha value is -0.650. The molecule has 5 nitrogen and oxygen atoms in total. The largest absolute Gasteiger partial charge is 0.390 e. The molecule has 0 bridgehead atoms. The van der Waals surface area contributed by atoms with E-state index in [1.807, 2.05) is 18.7 Å². The van der Waals surface area contributed by atoms with Crippen molar-refractivity contribution in [1.82, 2.24) is 4.90 Å². The van der Waals surface area contributed by atoms with Crippen LogP contribution in [0.25, 0.3) is 0 Å². The Bertz CT molecular complexity index is 390. The maximum absolute atomic E-state index is 12.3. The number of carbonyl (C=O) groups is 1. The first-order valence-corrected chi connectivity index (χ1v) is 8.84. The minimum Gasteiger partial charge on any atom is -0.390 e. The lowest BCUT2D eigenvalue weighted by molar-refractivity contribution is -0.200. The molecule has 0 aliphatic carbocycles. The fourth-order valence-electron chi connectivity index (χ4n) is 4.25. The molecule has 3 fully saturated rings. The van der Waals surface area contributed by atoms with Gasteiger partial charge in [0.15, 0.2) is 0 Å². The summed E-state index contributed by atoms with van der Waals surface area (Å²) in [5, 5.41) is 10.7. The number of hydrogen-bond donors (Lipinski definition) is 1. The zero-order chi connectivity index (χ0) is 15.7. The molecule has 0 saturated carbocycles. The summed E-state index contributed by atoms with van der Waals surface area (Å²) < 4.78 is 11.5. The second kappa shape index (κ2) is 6.85. The summed E-state index contributed by atoms with van der Waals surface area (Å²) in [6.45, 7) is 5.49. The Balaban J connectivity index is 1.66. The summed E-state index contributed by atoms with van der Waals surface area (Å²) in [6, 6.07) is 0.0659. The molecule has 3 aliphatic rings. The van der Waals surface area contributed by atoms with Crippen molar-refractivity contribution in [3.05, 3.63) is 0 Å². The van der Waals surface area contributed by atoms with Gasteiger partial charge in [-0.1, -0.05) is 13.8 Å². The second-order valence-corrected chi connectivity index (χ2v) is 7.10. The van der Waals surface area contributed by atoms with Crippen LogP contribution in [-0.4, -0.2) is 53.6 Å². The summed E-state index contributed by atoms with van der Waals surface area (Å²) in [7, 11) is 0. The number of aliphatic hydroxyl groups is 1. The van der Waals surface area contributed by atoms with Crippen LogP contribution in [0.3, 0.4) is 0 Å². The minimum atomic E-state index is -0.507. The van der Waals surface area contributed by atoms with Crippen molar-refractivity contribution in [1.29, 1.82) is 0 Å². The molecule has 126 valence electrons. The normalized spacial score (nSPS) is 39.2. The summed E-state index contributed by atoms with van der Waals surface area (Å²) in [5.41, 5.74) is 0. The molecule has 0 spiro atoms. The Kier molecular flexibility index (Phi) is 5.05. The molecule has 3 aliphatic heterocycles. The van der Waals surface area contributed by atoms with E-state index < -0.39 is 6.10 Å². The summed E-state index contributed by atoms with van der Waals surface area (Å²) in [4.78, 5) is 14.2. The SMILES string of the molecule is CC1C(=O)N(C2CCCCO2)C1C(C)C(O)C1CCCCO1. The van der Waals surface area contributed by atoms with Gasteiger partial charge in [-0.15, -0.1) is 0 Å². The van der Waals surface area contributed by atoms with Crippen LogP contribution < -0.4 is 0 Å². The van der Waals surface area contributed by atoms with Crippen LogP contribution in [0.15, 0.2) is 0 Å². The van der Waals surface area contributed by atoms with E-state index in [0.29, 0.717) is 0 Å². The van der Waals surface area contributed by atoms with E-state index in [4.69, 9.17) is 9.47 Å². The predicted octanol–water partition coefficient (Wildman–Crippen LogP) is 1.93. The lowest BCUT2D eigenvalue weighted by Crippen LogP contribution is -2.68. The summed E-state index contributed by atoms with van der Waals surface area (Å²) in [6.07, 6.45) is 5.53. The quantitative estimate of drug-likeness (QED) is 0.806. The average Bonchev–Trinajstić information content (AvgIpc) is 2.59. The molecule has 3 rings (SSSR count). The second-order valence-electron chi connectivity index (χ2n) is 7.10.